The van der Waals surface area contributed by atoms with Crippen LogP contribution >= 0.6 is 0 Å². The standard InChI is InChI=1S/C16H23NO3/c1-2-19-16(18)9-8-14-10-15(11-17-14)20-12-13-6-4-3-5-7-13/h3-7,14-15,17H,2,8-12H2,1H3/t14-,15-/m1/s1. The van der Waals surface area contributed by atoms with Crippen molar-refractivity contribution in [2.45, 2.75) is 44.9 Å². The highest BCUT2D eigenvalue weighted by molar-refractivity contribution is 5.69. The SMILES string of the molecule is CCOC(=O)CC[C@@H]1C[C@@H](OCc2ccccc2)CN1. The summed E-state index contributed by atoms with van der Waals surface area (Å²) in [6.07, 6.45) is 2.51. The molecule has 1 fully saturated rings. The number of carbonyl (C=O) groups is 1. The van der Waals surface area contributed by atoms with E-state index in [1.165, 1.54) is 5.56 Å². The van der Waals surface area contributed by atoms with Crippen molar-refractivity contribution in [2.75, 3.05) is 13.2 Å². The number of rotatable bonds is 7. The minimum absolute atomic E-state index is 0.108. The molecule has 0 amide bonds. The molecule has 1 aliphatic rings. The van der Waals surface area contributed by atoms with Crippen molar-refractivity contribution in [1.29, 1.82) is 0 Å². The lowest BCUT2D eigenvalue weighted by Crippen LogP contribution is -2.22. The van der Waals surface area contributed by atoms with Gasteiger partial charge in [0.15, 0.2) is 0 Å². The molecule has 0 bridgehead atoms. The van der Waals surface area contributed by atoms with Gasteiger partial charge < -0.3 is 14.8 Å². The molecular weight excluding hydrogens is 254 g/mol. The van der Waals surface area contributed by atoms with E-state index >= 15 is 0 Å². The average molecular weight is 277 g/mol. The van der Waals surface area contributed by atoms with Gasteiger partial charge in [-0.15, -0.1) is 0 Å². The molecular formula is C16H23NO3. The van der Waals surface area contributed by atoms with Crippen LogP contribution in [0.25, 0.3) is 0 Å². The van der Waals surface area contributed by atoms with Crippen LogP contribution in [-0.2, 0) is 20.9 Å². The Balaban J connectivity index is 1.64. The van der Waals surface area contributed by atoms with Gasteiger partial charge >= 0.3 is 5.97 Å². The lowest BCUT2D eigenvalue weighted by molar-refractivity contribution is -0.143. The summed E-state index contributed by atoms with van der Waals surface area (Å²) in [4.78, 5) is 11.3. The van der Waals surface area contributed by atoms with Crippen molar-refractivity contribution in [3.8, 4) is 0 Å². The molecule has 4 nitrogen and oxygen atoms in total. The third-order valence-corrected chi connectivity index (χ3v) is 3.51. The zero-order chi connectivity index (χ0) is 14.2. The molecule has 2 atom stereocenters. The Kier molecular flexibility index (Phi) is 6.02. The minimum atomic E-state index is -0.108. The van der Waals surface area contributed by atoms with Gasteiger partial charge in [0.05, 0.1) is 19.3 Å². The molecule has 110 valence electrons. The summed E-state index contributed by atoms with van der Waals surface area (Å²) in [5.74, 6) is -0.108. The van der Waals surface area contributed by atoms with Crippen molar-refractivity contribution >= 4 is 5.97 Å². The molecule has 0 saturated carbocycles. The molecule has 20 heavy (non-hydrogen) atoms. The van der Waals surface area contributed by atoms with Crippen molar-refractivity contribution < 1.29 is 14.3 Å². The molecule has 0 aromatic heterocycles. The Morgan fingerprint density at radius 3 is 2.90 bits per heavy atom. The fourth-order valence-electron chi connectivity index (χ4n) is 2.44. The van der Waals surface area contributed by atoms with Crippen LogP contribution < -0.4 is 5.32 Å². The molecule has 1 saturated heterocycles. The van der Waals surface area contributed by atoms with Gasteiger partial charge in [0, 0.05) is 19.0 Å². The first-order valence-corrected chi connectivity index (χ1v) is 7.32. The largest absolute Gasteiger partial charge is 0.466 e. The van der Waals surface area contributed by atoms with Crippen LogP contribution in [0.2, 0.25) is 0 Å². The van der Waals surface area contributed by atoms with E-state index in [2.05, 4.69) is 17.4 Å². The van der Waals surface area contributed by atoms with Crippen LogP contribution in [0.3, 0.4) is 0 Å². The molecule has 2 rings (SSSR count). The van der Waals surface area contributed by atoms with E-state index in [4.69, 9.17) is 9.47 Å². The number of esters is 1. The second-order valence-electron chi connectivity index (χ2n) is 5.10. The normalized spacial score (nSPS) is 21.9. The molecule has 4 heteroatoms. The van der Waals surface area contributed by atoms with Crippen molar-refractivity contribution in [3.63, 3.8) is 0 Å². The molecule has 0 unspecified atom stereocenters. The number of benzene rings is 1. The number of nitrogens with one attached hydrogen (secondary N) is 1. The summed E-state index contributed by atoms with van der Waals surface area (Å²) in [7, 11) is 0. The number of ether oxygens (including phenoxy) is 2. The van der Waals surface area contributed by atoms with Gasteiger partial charge in [-0.3, -0.25) is 4.79 Å². The van der Waals surface area contributed by atoms with Gasteiger partial charge in [0.25, 0.3) is 0 Å². The Bertz CT molecular complexity index is 407. The predicted molar refractivity (Wildman–Crippen MR) is 77.3 cm³/mol. The zero-order valence-electron chi connectivity index (χ0n) is 12.0. The summed E-state index contributed by atoms with van der Waals surface area (Å²) in [5, 5.41) is 3.41. The van der Waals surface area contributed by atoms with Crippen LogP contribution in [0.4, 0.5) is 0 Å². The molecule has 0 spiro atoms. The van der Waals surface area contributed by atoms with E-state index < -0.39 is 0 Å². The predicted octanol–water partition coefficient (Wildman–Crippen LogP) is 2.28. The molecule has 1 aromatic rings. The van der Waals surface area contributed by atoms with Gasteiger partial charge in [-0.05, 0) is 25.3 Å². The first-order valence-electron chi connectivity index (χ1n) is 7.32. The van der Waals surface area contributed by atoms with Gasteiger partial charge in [0.2, 0.25) is 0 Å². The lowest BCUT2D eigenvalue weighted by atomic mass is 10.1. The molecule has 1 aromatic carbocycles. The van der Waals surface area contributed by atoms with Crippen LogP contribution in [0, 0.1) is 0 Å². The van der Waals surface area contributed by atoms with Crippen molar-refractivity contribution in [3.05, 3.63) is 35.9 Å². The van der Waals surface area contributed by atoms with Crippen LogP contribution in [0.15, 0.2) is 30.3 Å². The summed E-state index contributed by atoms with van der Waals surface area (Å²) in [5.41, 5.74) is 1.20. The maximum atomic E-state index is 11.3. The number of hydrogen-bond donors (Lipinski definition) is 1. The maximum absolute atomic E-state index is 11.3. The van der Waals surface area contributed by atoms with Gasteiger partial charge in [-0.2, -0.15) is 0 Å². The fourth-order valence-corrected chi connectivity index (χ4v) is 2.44. The molecule has 1 aliphatic heterocycles. The first kappa shape index (κ1) is 15.0. The quantitative estimate of drug-likeness (QED) is 0.777. The Morgan fingerprint density at radius 2 is 2.15 bits per heavy atom. The number of carbonyl (C=O) groups excluding carboxylic acids is 1. The second-order valence-corrected chi connectivity index (χ2v) is 5.10. The number of hydrogen-bond acceptors (Lipinski definition) is 4. The maximum Gasteiger partial charge on any atom is 0.305 e. The Labute approximate surface area is 120 Å². The Hall–Kier alpha value is -1.39. The monoisotopic (exact) mass is 277 g/mol. The second kappa shape index (κ2) is 8.02. The zero-order valence-corrected chi connectivity index (χ0v) is 12.0. The third-order valence-electron chi connectivity index (χ3n) is 3.51. The highest BCUT2D eigenvalue weighted by Gasteiger charge is 2.25. The Morgan fingerprint density at radius 1 is 1.35 bits per heavy atom. The summed E-state index contributed by atoms with van der Waals surface area (Å²) in [6, 6.07) is 10.6. The topological polar surface area (TPSA) is 47.6 Å². The van der Waals surface area contributed by atoms with E-state index in [0.29, 0.717) is 25.7 Å². The molecule has 1 heterocycles. The minimum Gasteiger partial charge on any atom is -0.466 e. The summed E-state index contributed by atoms with van der Waals surface area (Å²) >= 11 is 0. The van der Waals surface area contributed by atoms with Crippen molar-refractivity contribution in [1.82, 2.24) is 5.32 Å². The summed E-state index contributed by atoms with van der Waals surface area (Å²) < 4.78 is 10.8. The highest BCUT2D eigenvalue weighted by Crippen LogP contribution is 2.16. The van der Waals surface area contributed by atoms with Crippen LogP contribution in [0.5, 0.6) is 0 Å². The van der Waals surface area contributed by atoms with E-state index in [1.807, 2.05) is 25.1 Å². The fraction of sp³-hybridized carbons (Fsp3) is 0.562. The van der Waals surface area contributed by atoms with Crippen molar-refractivity contribution in [2.24, 2.45) is 0 Å². The first-order chi connectivity index (χ1) is 9.78. The smallest absolute Gasteiger partial charge is 0.305 e. The van der Waals surface area contributed by atoms with Gasteiger partial charge in [0.1, 0.15) is 0 Å². The van der Waals surface area contributed by atoms with E-state index in [9.17, 15) is 4.79 Å². The average Bonchev–Trinajstić information content (AvgIpc) is 2.92. The summed E-state index contributed by atoms with van der Waals surface area (Å²) in [6.45, 7) is 3.80. The lowest BCUT2D eigenvalue weighted by Gasteiger charge is -2.11. The molecule has 1 N–H and O–H groups in total. The third kappa shape index (κ3) is 4.94. The van der Waals surface area contributed by atoms with E-state index in [1.54, 1.807) is 0 Å². The highest BCUT2D eigenvalue weighted by atomic mass is 16.5. The van der Waals surface area contributed by atoms with E-state index in [0.717, 1.165) is 19.4 Å². The van der Waals surface area contributed by atoms with Gasteiger partial charge in [-0.1, -0.05) is 30.3 Å². The molecule has 0 radical (unpaired) electrons. The molecule has 0 aliphatic carbocycles. The van der Waals surface area contributed by atoms with Crippen LogP contribution in [0.1, 0.15) is 31.7 Å². The van der Waals surface area contributed by atoms with Crippen LogP contribution in [-0.4, -0.2) is 31.3 Å². The van der Waals surface area contributed by atoms with E-state index in [-0.39, 0.29) is 12.1 Å². The van der Waals surface area contributed by atoms with Gasteiger partial charge in [-0.25, -0.2) is 0 Å².